The number of aryl methyl sites for hydroxylation is 1. The maximum absolute atomic E-state index is 14.0. The number of nitriles is 1. The molecule has 3 aromatic rings. The predicted octanol–water partition coefficient (Wildman–Crippen LogP) is 8.92. The Morgan fingerprint density at radius 1 is 1.05 bits per heavy atom. The number of ether oxygens (including phenoxy) is 1. The number of benzene rings is 3. The van der Waals surface area contributed by atoms with Crippen molar-refractivity contribution >= 4 is 46.3 Å². The maximum atomic E-state index is 14.0. The summed E-state index contributed by atoms with van der Waals surface area (Å²) >= 11 is 18.8. The molecule has 3 aromatic carbocycles. The summed E-state index contributed by atoms with van der Waals surface area (Å²) in [4.78, 5) is 15.8. The van der Waals surface area contributed by atoms with Crippen LogP contribution in [0.25, 0.3) is 0 Å². The van der Waals surface area contributed by atoms with E-state index in [9.17, 15) is 14.4 Å². The third-order valence-corrected chi connectivity index (χ3v) is 8.86. The molecule has 0 saturated heterocycles. The van der Waals surface area contributed by atoms with Crippen LogP contribution in [0.15, 0.2) is 71.2 Å². The number of rotatable bonds is 5. The number of Topliss-reactive ketones (excluding diaryl/α,β-unsaturated/α-hetero) is 1. The summed E-state index contributed by atoms with van der Waals surface area (Å²) in [5, 5.41) is 11.4. The van der Waals surface area contributed by atoms with Crippen molar-refractivity contribution in [2.75, 3.05) is 4.90 Å². The number of anilines is 1. The van der Waals surface area contributed by atoms with Gasteiger partial charge in [-0.1, -0.05) is 66.3 Å². The Labute approximate surface area is 259 Å². The summed E-state index contributed by atoms with van der Waals surface area (Å²) in [5.41, 5.74) is 12.1. The van der Waals surface area contributed by atoms with Crippen molar-refractivity contribution < 1.29 is 13.9 Å². The number of nitrogens with zero attached hydrogens (tertiary/aromatic N) is 2. The molecule has 1 aliphatic carbocycles. The molecule has 1 heterocycles. The Morgan fingerprint density at radius 3 is 2.45 bits per heavy atom. The summed E-state index contributed by atoms with van der Waals surface area (Å²) in [6, 6.07) is 15.4. The summed E-state index contributed by atoms with van der Waals surface area (Å²) in [6.45, 7) is 8.13. The van der Waals surface area contributed by atoms with Gasteiger partial charge in [0.1, 0.15) is 24.0 Å². The van der Waals surface area contributed by atoms with Crippen molar-refractivity contribution in [3.8, 4) is 11.8 Å². The monoisotopic (exact) mass is 623 g/mol. The molecular weight excluding hydrogens is 596 g/mol. The number of hydrogen-bond acceptors (Lipinski definition) is 5. The van der Waals surface area contributed by atoms with Crippen LogP contribution in [0.5, 0.6) is 5.75 Å². The van der Waals surface area contributed by atoms with Gasteiger partial charge >= 0.3 is 0 Å². The molecule has 42 heavy (non-hydrogen) atoms. The Bertz CT molecular complexity index is 1740. The number of hydrogen-bond donors (Lipinski definition) is 1. The van der Waals surface area contributed by atoms with Crippen LogP contribution in [0.3, 0.4) is 0 Å². The van der Waals surface area contributed by atoms with Crippen LogP contribution >= 0.6 is 34.8 Å². The fraction of sp³-hybridized carbons (Fsp3) is 0.273. The first-order valence-electron chi connectivity index (χ1n) is 13.4. The second-order valence-corrected chi connectivity index (χ2v) is 12.8. The van der Waals surface area contributed by atoms with Crippen molar-refractivity contribution in [3.05, 3.63) is 114 Å². The van der Waals surface area contributed by atoms with Crippen LogP contribution in [0.2, 0.25) is 15.1 Å². The van der Waals surface area contributed by atoms with E-state index in [1.54, 1.807) is 23.1 Å². The number of carbonyl (C=O) groups excluding carboxylic acids is 1. The average Bonchev–Trinajstić information content (AvgIpc) is 2.90. The SMILES string of the molecule is Cc1cc(COc2ccc(F)cc2Cl)c(C)c(C2C(C#N)=C(N)N(c3ccc(Cl)c(Cl)c3)C3=C2C(=O)CC(C)(C)C3)c1. The minimum atomic E-state index is -0.666. The van der Waals surface area contributed by atoms with E-state index < -0.39 is 11.7 Å². The van der Waals surface area contributed by atoms with Gasteiger partial charge < -0.3 is 10.5 Å². The molecule has 1 atom stereocenters. The maximum Gasteiger partial charge on any atom is 0.162 e. The molecule has 0 radical (unpaired) electrons. The van der Waals surface area contributed by atoms with Gasteiger partial charge in [-0.15, -0.1) is 0 Å². The average molecular weight is 625 g/mol. The summed E-state index contributed by atoms with van der Waals surface area (Å²) in [6.07, 6.45) is 0.897. The highest BCUT2D eigenvalue weighted by Crippen LogP contribution is 2.51. The van der Waals surface area contributed by atoms with E-state index in [0.717, 1.165) is 28.0 Å². The molecule has 1 unspecified atom stereocenters. The zero-order valence-corrected chi connectivity index (χ0v) is 25.9. The van der Waals surface area contributed by atoms with Crippen LogP contribution < -0.4 is 15.4 Å². The molecule has 0 aromatic heterocycles. The molecule has 216 valence electrons. The Balaban J connectivity index is 1.67. The van der Waals surface area contributed by atoms with Crippen molar-refractivity contribution in [3.63, 3.8) is 0 Å². The van der Waals surface area contributed by atoms with E-state index in [1.807, 2.05) is 39.8 Å². The molecule has 1 aliphatic heterocycles. The number of nitrogens with two attached hydrogens (primary N) is 1. The summed E-state index contributed by atoms with van der Waals surface area (Å²) in [7, 11) is 0. The van der Waals surface area contributed by atoms with Gasteiger partial charge in [-0.3, -0.25) is 9.69 Å². The zero-order valence-electron chi connectivity index (χ0n) is 23.6. The van der Waals surface area contributed by atoms with Crippen molar-refractivity contribution in [1.29, 1.82) is 5.26 Å². The smallest absolute Gasteiger partial charge is 0.162 e. The molecule has 2 aliphatic rings. The quantitative estimate of drug-likeness (QED) is 0.307. The van der Waals surface area contributed by atoms with Gasteiger partial charge in [0, 0.05) is 23.4 Å². The molecule has 0 saturated carbocycles. The van der Waals surface area contributed by atoms with Crippen molar-refractivity contribution in [2.45, 2.75) is 53.1 Å². The highest BCUT2D eigenvalue weighted by molar-refractivity contribution is 6.42. The predicted molar refractivity (Wildman–Crippen MR) is 165 cm³/mol. The Kier molecular flexibility index (Phi) is 8.06. The van der Waals surface area contributed by atoms with Crippen LogP contribution in [0.4, 0.5) is 10.1 Å². The molecule has 0 fully saturated rings. The lowest BCUT2D eigenvalue weighted by Gasteiger charge is -2.44. The molecule has 0 bridgehead atoms. The van der Waals surface area contributed by atoms with E-state index in [4.69, 9.17) is 45.3 Å². The van der Waals surface area contributed by atoms with Gasteiger partial charge in [0.2, 0.25) is 0 Å². The normalized spacial score (nSPS) is 18.2. The standard InChI is InChI=1S/C33H29Cl3FN3O2/c1-17-9-19(16-42-29-8-5-20(37)11-26(29)36)18(2)22(10-17)30-23(15-38)32(39)40(21-6-7-24(34)25(35)12-21)27-13-33(3,4)14-28(41)31(27)30/h5-12,30H,13-14,16,39H2,1-4H3. The minimum absolute atomic E-state index is 0.0339. The summed E-state index contributed by atoms with van der Waals surface area (Å²) in [5.74, 6) is -0.561. The lowest BCUT2D eigenvalue weighted by atomic mass is 9.68. The molecule has 5 nitrogen and oxygen atoms in total. The largest absolute Gasteiger partial charge is 0.487 e. The van der Waals surface area contributed by atoms with Gasteiger partial charge in [-0.2, -0.15) is 5.26 Å². The molecule has 9 heteroatoms. The topological polar surface area (TPSA) is 79.3 Å². The van der Waals surface area contributed by atoms with Crippen molar-refractivity contribution in [2.24, 2.45) is 11.1 Å². The van der Waals surface area contributed by atoms with Gasteiger partial charge in [0.05, 0.1) is 32.6 Å². The third-order valence-electron chi connectivity index (χ3n) is 7.83. The number of halogens is 4. The van der Waals surface area contributed by atoms with Gasteiger partial charge in [0.15, 0.2) is 5.78 Å². The highest BCUT2D eigenvalue weighted by atomic mass is 35.5. The van der Waals surface area contributed by atoms with E-state index >= 15 is 0 Å². The first-order chi connectivity index (χ1) is 19.8. The number of ketones is 1. The van der Waals surface area contributed by atoms with Gasteiger partial charge in [-0.25, -0.2) is 4.39 Å². The Hall–Kier alpha value is -3.50. The van der Waals surface area contributed by atoms with Gasteiger partial charge in [-0.05, 0) is 78.8 Å². The van der Waals surface area contributed by atoms with Crippen LogP contribution in [0.1, 0.15) is 54.9 Å². The van der Waals surface area contributed by atoms with E-state index in [1.165, 1.54) is 18.2 Å². The fourth-order valence-corrected chi connectivity index (χ4v) is 6.41. The van der Waals surface area contributed by atoms with Crippen LogP contribution in [0, 0.1) is 36.4 Å². The number of allylic oxidation sites excluding steroid dienone is 3. The van der Waals surface area contributed by atoms with Crippen molar-refractivity contribution in [1.82, 2.24) is 0 Å². The molecule has 0 amide bonds. The molecule has 5 rings (SSSR count). The fourth-order valence-electron chi connectivity index (χ4n) is 5.90. The van der Waals surface area contributed by atoms with E-state index in [-0.39, 0.29) is 34.2 Å². The third kappa shape index (κ3) is 5.49. The van der Waals surface area contributed by atoms with E-state index in [0.29, 0.717) is 39.9 Å². The molecular formula is C33H29Cl3FN3O2. The van der Waals surface area contributed by atoms with E-state index in [2.05, 4.69) is 6.07 Å². The summed E-state index contributed by atoms with van der Waals surface area (Å²) < 4.78 is 19.5. The Morgan fingerprint density at radius 2 is 1.79 bits per heavy atom. The zero-order chi connectivity index (χ0) is 30.5. The number of carbonyl (C=O) groups is 1. The lowest BCUT2D eigenvalue weighted by Crippen LogP contribution is -2.42. The minimum Gasteiger partial charge on any atom is -0.487 e. The lowest BCUT2D eigenvalue weighted by molar-refractivity contribution is -0.118. The van der Waals surface area contributed by atoms with Crippen LogP contribution in [-0.2, 0) is 11.4 Å². The highest BCUT2D eigenvalue weighted by Gasteiger charge is 2.45. The second-order valence-electron chi connectivity index (χ2n) is 11.6. The molecule has 0 spiro atoms. The van der Waals surface area contributed by atoms with Crippen LogP contribution in [-0.4, -0.2) is 5.78 Å². The first kappa shape index (κ1) is 30.0. The molecule has 2 N–H and O–H groups in total. The van der Waals surface area contributed by atoms with Gasteiger partial charge in [0.25, 0.3) is 0 Å². The first-order valence-corrected chi connectivity index (χ1v) is 14.5. The second kappa shape index (κ2) is 11.3.